The second kappa shape index (κ2) is 7.69. The summed E-state index contributed by atoms with van der Waals surface area (Å²) in [5, 5.41) is 0. The summed E-state index contributed by atoms with van der Waals surface area (Å²) in [7, 11) is 0. The van der Waals surface area contributed by atoms with E-state index in [-0.39, 0.29) is 0 Å². The van der Waals surface area contributed by atoms with Gasteiger partial charge in [-0.1, -0.05) is 51.9 Å². The van der Waals surface area contributed by atoms with Gasteiger partial charge in [-0.2, -0.15) is 0 Å². The number of carbonyl (C=O) groups excluding carboxylic acids is 1. The van der Waals surface area contributed by atoms with Gasteiger partial charge in [-0.15, -0.1) is 0 Å². The predicted octanol–water partition coefficient (Wildman–Crippen LogP) is 2.33. The first-order valence-corrected chi connectivity index (χ1v) is 6.09. The van der Waals surface area contributed by atoms with Crippen LogP contribution in [0.15, 0.2) is 0 Å². The summed E-state index contributed by atoms with van der Waals surface area (Å²) in [4.78, 5) is 10.9. The molecular formula is C12H26N2O. The standard InChI is InChI=1S/C12H26N2O/c1-3-4-5-6-7-8-9-10-12(2,14)11(13)15/h3-10,14H2,1-2H3,(H2,13,15)/t12-/m1/s1. The summed E-state index contributed by atoms with van der Waals surface area (Å²) in [6.45, 7) is 3.93. The summed E-state index contributed by atoms with van der Waals surface area (Å²) < 4.78 is 0. The molecule has 90 valence electrons. The third-order valence-electron chi connectivity index (χ3n) is 2.86. The van der Waals surface area contributed by atoms with Gasteiger partial charge in [-0.3, -0.25) is 4.79 Å². The normalized spacial score (nSPS) is 14.9. The quantitative estimate of drug-likeness (QED) is 0.578. The van der Waals surface area contributed by atoms with E-state index < -0.39 is 11.4 Å². The van der Waals surface area contributed by atoms with E-state index in [9.17, 15) is 4.79 Å². The van der Waals surface area contributed by atoms with E-state index in [0.717, 1.165) is 12.8 Å². The third kappa shape index (κ3) is 7.37. The highest BCUT2D eigenvalue weighted by Gasteiger charge is 2.24. The van der Waals surface area contributed by atoms with Crippen molar-refractivity contribution in [2.75, 3.05) is 0 Å². The van der Waals surface area contributed by atoms with Crippen LogP contribution in [-0.2, 0) is 4.79 Å². The molecule has 0 heterocycles. The Labute approximate surface area is 93.6 Å². The fraction of sp³-hybridized carbons (Fsp3) is 0.917. The molecule has 0 aliphatic carbocycles. The maximum atomic E-state index is 10.9. The predicted molar refractivity (Wildman–Crippen MR) is 64.4 cm³/mol. The largest absolute Gasteiger partial charge is 0.368 e. The number of unbranched alkanes of at least 4 members (excludes halogenated alkanes) is 6. The van der Waals surface area contributed by atoms with Crippen molar-refractivity contribution < 1.29 is 4.79 Å². The van der Waals surface area contributed by atoms with Gasteiger partial charge in [0.05, 0.1) is 5.54 Å². The van der Waals surface area contributed by atoms with Gasteiger partial charge >= 0.3 is 0 Å². The second-order valence-corrected chi connectivity index (χ2v) is 4.65. The van der Waals surface area contributed by atoms with Crippen LogP contribution in [0, 0.1) is 0 Å². The molecule has 0 unspecified atom stereocenters. The molecule has 3 heteroatoms. The van der Waals surface area contributed by atoms with Crippen molar-refractivity contribution in [1.29, 1.82) is 0 Å². The van der Waals surface area contributed by atoms with E-state index in [1.807, 2.05) is 0 Å². The lowest BCUT2D eigenvalue weighted by Gasteiger charge is -2.19. The Morgan fingerprint density at radius 2 is 1.53 bits per heavy atom. The van der Waals surface area contributed by atoms with Crippen molar-refractivity contribution in [3.63, 3.8) is 0 Å². The summed E-state index contributed by atoms with van der Waals surface area (Å²) in [5.41, 5.74) is 10.1. The van der Waals surface area contributed by atoms with Gasteiger partial charge in [-0.05, 0) is 13.3 Å². The van der Waals surface area contributed by atoms with Crippen molar-refractivity contribution in [3.8, 4) is 0 Å². The first-order valence-electron chi connectivity index (χ1n) is 6.09. The number of hydrogen-bond acceptors (Lipinski definition) is 2. The smallest absolute Gasteiger partial charge is 0.237 e. The SMILES string of the molecule is CCCCCCCCC[C@@](C)(N)C(N)=O. The zero-order valence-electron chi connectivity index (χ0n) is 10.2. The Balaban J connectivity index is 3.35. The van der Waals surface area contributed by atoms with Crippen molar-refractivity contribution in [2.45, 2.75) is 70.8 Å². The van der Waals surface area contributed by atoms with E-state index in [2.05, 4.69) is 6.92 Å². The topological polar surface area (TPSA) is 69.1 Å². The highest BCUT2D eigenvalue weighted by atomic mass is 16.1. The number of amides is 1. The third-order valence-corrected chi connectivity index (χ3v) is 2.86. The summed E-state index contributed by atoms with van der Waals surface area (Å²) >= 11 is 0. The lowest BCUT2D eigenvalue weighted by molar-refractivity contribution is -0.122. The Morgan fingerprint density at radius 1 is 1.07 bits per heavy atom. The van der Waals surface area contributed by atoms with Crippen molar-refractivity contribution in [2.24, 2.45) is 11.5 Å². The van der Waals surface area contributed by atoms with E-state index in [1.165, 1.54) is 32.1 Å². The van der Waals surface area contributed by atoms with E-state index in [1.54, 1.807) is 6.92 Å². The molecular weight excluding hydrogens is 188 g/mol. The summed E-state index contributed by atoms with van der Waals surface area (Å²) in [6, 6.07) is 0. The molecule has 3 nitrogen and oxygen atoms in total. The second-order valence-electron chi connectivity index (χ2n) is 4.65. The monoisotopic (exact) mass is 214 g/mol. The molecule has 0 saturated carbocycles. The van der Waals surface area contributed by atoms with Crippen LogP contribution >= 0.6 is 0 Å². The molecule has 0 spiro atoms. The molecule has 1 amide bonds. The van der Waals surface area contributed by atoms with Crippen LogP contribution in [0.2, 0.25) is 0 Å². The van der Waals surface area contributed by atoms with Crippen LogP contribution in [0.25, 0.3) is 0 Å². The molecule has 0 aromatic rings. The summed E-state index contributed by atoms with van der Waals surface area (Å²) in [6.07, 6.45) is 9.34. The van der Waals surface area contributed by atoms with Crippen molar-refractivity contribution in [1.82, 2.24) is 0 Å². The fourth-order valence-electron chi connectivity index (χ4n) is 1.57. The molecule has 0 aromatic heterocycles. The van der Waals surface area contributed by atoms with Crippen LogP contribution in [0.5, 0.6) is 0 Å². The molecule has 0 bridgehead atoms. The fourth-order valence-corrected chi connectivity index (χ4v) is 1.57. The molecule has 4 N–H and O–H groups in total. The molecule has 0 aromatic carbocycles. The Hall–Kier alpha value is -0.570. The average Bonchev–Trinajstić information content (AvgIpc) is 2.16. The molecule has 15 heavy (non-hydrogen) atoms. The van der Waals surface area contributed by atoms with E-state index in [4.69, 9.17) is 11.5 Å². The number of nitrogens with two attached hydrogens (primary N) is 2. The lowest BCUT2D eigenvalue weighted by Crippen LogP contribution is -2.49. The van der Waals surface area contributed by atoms with Gasteiger partial charge in [0, 0.05) is 0 Å². The molecule has 0 aliphatic rings. The summed E-state index contributed by atoms with van der Waals surface area (Å²) in [5.74, 6) is -0.395. The van der Waals surface area contributed by atoms with Crippen LogP contribution in [0.1, 0.15) is 65.2 Å². The highest BCUT2D eigenvalue weighted by Crippen LogP contribution is 2.13. The lowest BCUT2D eigenvalue weighted by atomic mass is 9.94. The molecule has 0 saturated heterocycles. The van der Waals surface area contributed by atoms with Gasteiger partial charge < -0.3 is 11.5 Å². The van der Waals surface area contributed by atoms with Crippen LogP contribution in [0.4, 0.5) is 0 Å². The van der Waals surface area contributed by atoms with Gasteiger partial charge in [-0.25, -0.2) is 0 Å². The maximum Gasteiger partial charge on any atom is 0.237 e. The van der Waals surface area contributed by atoms with Gasteiger partial charge in [0.2, 0.25) is 5.91 Å². The Bertz CT molecular complexity index is 178. The number of carbonyl (C=O) groups is 1. The molecule has 0 aliphatic heterocycles. The molecule has 0 radical (unpaired) electrons. The Morgan fingerprint density at radius 3 is 2.00 bits per heavy atom. The highest BCUT2D eigenvalue weighted by molar-refractivity contribution is 5.83. The van der Waals surface area contributed by atoms with E-state index >= 15 is 0 Å². The maximum absolute atomic E-state index is 10.9. The van der Waals surface area contributed by atoms with Crippen LogP contribution < -0.4 is 11.5 Å². The van der Waals surface area contributed by atoms with Gasteiger partial charge in [0.25, 0.3) is 0 Å². The average molecular weight is 214 g/mol. The zero-order valence-corrected chi connectivity index (χ0v) is 10.2. The number of rotatable bonds is 9. The molecule has 0 rings (SSSR count). The van der Waals surface area contributed by atoms with E-state index in [0.29, 0.717) is 6.42 Å². The van der Waals surface area contributed by atoms with Crippen LogP contribution in [0.3, 0.4) is 0 Å². The minimum Gasteiger partial charge on any atom is -0.368 e. The number of hydrogen-bond donors (Lipinski definition) is 2. The minimum atomic E-state index is -0.816. The first-order chi connectivity index (χ1) is 7.00. The van der Waals surface area contributed by atoms with Crippen LogP contribution in [-0.4, -0.2) is 11.4 Å². The number of primary amides is 1. The van der Waals surface area contributed by atoms with Crippen molar-refractivity contribution in [3.05, 3.63) is 0 Å². The minimum absolute atomic E-state index is 0.395. The van der Waals surface area contributed by atoms with Gasteiger partial charge in [0.15, 0.2) is 0 Å². The Kier molecular flexibility index (Phi) is 7.39. The first kappa shape index (κ1) is 14.4. The molecule has 0 fully saturated rings. The zero-order chi connectivity index (χ0) is 11.7. The van der Waals surface area contributed by atoms with Crippen molar-refractivity contribution >= 4 is 5.91 Å². The van der Waals surface area contributed by atoms with Gasteiger partial charge in [0.1, 0.15) is 0 Å². The molecule has 1 atom stereocenters.